The molecule has 0 spiro atoms. The van der Waals surface area contributed by atoms with E-state index in [9.17, 15) is 9.59 Å². The summed E-state index contributed by atoms with van der Waals surface area (Å²) in [6, 6.07) is 20.0. The normalized spacial score (nSPS) is 11.9. The molecular weight excluding hydrogens is 324 g/mol. The lowest BCUT2D eigenvalue weighted by molar-refractivity contribution is -0.126. The molecule has 0 amide bonds. The molecule has 0 fully saturated rings. The van der Waals surface area contributed by atoms with Crippen molar-refractivity contribution in [1.82, 2.24) is 0 Å². The number of carbonyl (C=O) groups is 2. The van der Waals surface area contributed by atoms with E-state index in [-0.39, 0.29) is 17.5 Å². The zero-order valence-corrected chi connectivity index (χ0v) is 15.5. The molecule has 26 heavy (non-hydrogen) atoms. The van der Waals surface area contributed by atoms with Gasteiger partial charge in [0.2, 0.25) is 0 Å². The number of benzene rings is 2. The fourth-order valence-corrected chi connectivity index (χ4v) is 2.93. The van der Waals surface area contributed by atoms with Crippen LogP contribution in [0.15, 0.2) is 60.7 Å². The summed E-state index contributed by atoms with van der Waals surface area (Å²) in [5.74, 6) is 0.0526. The maximum atomic E-state index is 12.2. The minimum atomic E-state index is -0.209. The maximum absolute atomic E-state index is 12.2. The fourth-order valence-electron chi connectivity index (χ4n) is 2.93. The highest BCUT2D eigenvalue weighted by Gasteiger charge is 2.18. The van der Waals surface area contributed by atoms with Crippen molar-refractivity contribution in [3.05, 3.63) is 71.8 Å². The first-order chi connectivity index (χ1) is 12.6. The van der Waals surface area contributed by atoms with E-state index in [1.165, 1.54) is 0 Å². The molecule has 0 heterocycles. The summed E-state index contributed by atoms with van der Waals surface area (Å²) < 4.78 is 5.63. The Labute approximate surface area is 156 Å². The number of ketones is 2. The first-order valence-electron chi connectivity index (χ1n) is 9.33. The second kappa shape index (κ2) is 11.4. The van der Waals surface area contributed by atoms with E-state index in [0.29, 0.717) is 32.5 Å². The molecule has 0 aliphatic carbocycles. The Balaban J connectivity index is 1.62. The van der Waals surface area contributed by atoms with E-state index in [0.717, 1.165) is 24.0 Å². The van der Waals surface area contributed by atoms with E-state index in [1.807, 2.05) is 60.7 Å². The predicted octanol–water partition coefficient (Wildman–Crippen LogP) is 4.78. The van der Waals surface area contributed by atoms with Crippen molar-refractivity contribution in [1.29, 1.82) is 0 Å². The monoisotopic (exact) mass is 352 g/mol. The Morgan fingerprint density at radius 1 is 0.885 bits per heavy atom. The Bertz CT molecular complexity index is 664. The fraction of sp³-hybridized carbons (Fsp3) is 0.391. The summed E-state index contributed by atoms with van der Waals surface area (Å²) >= 11 is 0. The van der Waals surface area contributed by atoms with Crippen molar-refractivity contribution in [2.45, 2.75) is 45.6 Å². The van der Waals surface area contributed by atoms with Crippen molar-refractivity contribution < 1.29 is 14.3 Å². The highest BCUT2D eigenvalue weighted by Crippen LogP contribution is 2.16. The molecule has 3 heteroatoms. The van der Waals surface area contributed by atoms with Gasteiger partial charge in [-0.3, -0.25) is 9.59 Å². The van der Waals surface area contributed by atoms with Gasteiger partial charge in [-0.1, -0.05) is 60.7 Å². The van der Waals surface area contributed by atoms with Crippen molar-refractivity contribution in [2.75, 3.05) is 6.61 Å². The molecule has 0 saturated heterocycles. The topological polar surface area (TPSA) is 43.4 Å². The van der Waals surface area contributed by atoms with Gasteiger partial charge >= 0.3 is 0 Å². The first kappa shape index (κ1) is 20.1. The molecule has 0 aliphatic heterocycles. The average molecular weight is 352 g/mol. The van der Waals surface area contributed by atoms with Gasteiger partial charge in [-0.2, -0.15) is 0 Å². The van der Waals surface area contributed by atoms with Crippen LogP contribution < -0.4 is 0 Å². The Morgan fingerprint density at radius 2 is 1.50 bits per heavy atom. The van der Waals surface area contributed by atoms with Crippen molar-refractivity contribution in [2.24, 2.45) is 5.92 Å². The van der Waals surface area contributed by atoms with Crippen LogP contribution in [-0.2, 0) is 27.4 Å². The van der Waals surface area contributed by atoms with Gasteiger partial charge in [-0.25, -0.2) is 0 Å². The van der Waals surface area contributed by atoms with Gasteiger partial charge in [0.1, 0.15) is 11.6 Å². The van der Waals surface area contributed by atoms with Gasteiger partial charge in [0, 0.05) is 25.4 Å². The van der Waals surface area contributed by atoms with Gasteiger partial charge in [-0.15, -0.1) is 0 Å². The van der Waals surface area contributed by atoms with Crippen LogP contribution in [0, 0.1) is 5.92 Å². The zero-order chi connectivity index (χ0) is 18.6. The summed E-state index contributed by atoms with van der Waals surface area (Å²) in [6.45, 7) is 2.85. The highest BCUT2D eigenvalue weighted by molar-refractivity contribution is 5.86. The second-order valence-corrected chi connectivity index (χ2v) is 6.74. The number of carbonyl (C=O) groups excluding carboxylic acids is 2. The third-order valence-electron chi connectivity index (χ3n) is 4.48. The standard InChI is InChI=1S/C23H28O3/c1-19(24)22(16-20-10-4-2-5-11-20)17-23(25)14-8-9-15-26-18-21-12-6-3-7-13-21/h2-7,10-13,22H,8-9,14-18H2,1H3. The van der Waals surface area contributed by atoms with Crippen LogP contribution in [0.25, 0.3) is 0 Å². The molecule has 1 atom stereocenters. The number of ether oxygens (including phenoxy) is 1. The Morgan fingerprint density at radius 3 is 2.12 bits per heavy atom. The van der Waals surface area contributed by atoms with Crippen LogP contribution >= 0.6 is 0 Å². The predicted molar refractivity (Wildman–Crippen MR) is 104 cm³/mol. The molecular formula is C23H28O3. The molecule has 0 aromatic heterocycles. The molecule has 138 valence electrons. The van der Waals surface area contributed by atoms with Gasteiger partial charge in [-0.05, 0) is 37.3 Å². The average Bonchev–Trinajstić information content (AvgIpc) is 2.65. The van der Waals surface area contributed by atoms with E-state index < -0.39 is 0 Å². The number of hydrogen-bond donors (Lipinski definition) is 0. The molecule has 2 rings (SSSR count). The third kappa shape index (κ3) is 7.75. The van der Waals surface area contributed by atoms with Crippen molar-refractivity contribution in [3.63, 3.8) is 0 Å². The van der Waals surface area contributed by atoms with Gasteiger partial charge < -0.3 is 4.74 Å². The molecule has 0 bridgehead atoms. The SMILES string of the molecule is CC(=O)C(CC(=O)CCCCOCc1ccccc1)Cc1ccccc1. The molecule has 0 N–H and O–H groups in total. The summed E-state index contributed by atoms with van der Waals surface area (Å²) in [6.07, 6.45) is 3.18. The van der Waals surface area contributed by atoms with E-state index >= 15 is 0 Å². The largest absolute Gasteiger partial charge is 0.377 e. The highest BCUT2D eigenvalue weighted by atomic mass is 16.5. The number of unbranched alkanes of at least 4 members (excludes halogenated alkanes) is 1. The molecule has 2 aromatic rings. The summed E-state index contributed by atoms with van der Waals surface area (Å²) in [7, 11) is 0. The lowest BCUT2D eigenvalue weighted by atomic mass is 9.90. The van der Waals surface area contributed by atoms with Crippen LogP contribution in [-0.4, -0.2) is 18.2 Å². The lowest BCUT2D eigenvalue weighted by Gasteiger charge is -2.13. The smallest absolute Gasteiger partial charge is 0.133 e. The number of hydrogen-bond acceptors (Lipinski definition) is 3. The summed E-state index contributed by atoms with van der Waals surface area (Å²) in [5.41, 5.74) is 2.27. The molecule has 3 nitrogen and oxygen atoms in total. The van der Waals surface area contributed by atoms with E-state index in [2.05, 4.69) is 0 Å². The Kier molecular flexibility index (Phi) is 8.77. The minimum Gasteiger partial charge on any atom is -0.377 e. The lowest BCUT2D eigenvalue weighted by Crippen LogP contribution is -2.18. The van der Waals surface area contributed by atoms with Crippen LogP contribution in [0.4, 0.5) is 0 Å². The van der Waals surface area contributed by atoms with E-state index in [4.69, 9.17) is 4.74 Å². The molecule has 0 saturated carbocycles. The molecule has 2 aromatic carbocycles. The summed E-state index contributed by atoms with van der Waals surface area (Å²) in [5, 5.41) is 0. The number of Topliss-reactive ketones (excluding diaryl/α,β-unsaturated/α-hetero) is 2. The van der Waals surface area contributed by atoms with Crippen LogP contribution in [0.2, 0.25) is 0 Å². The zero-order valence-electron chi connectivity index (χ0n) is 15.5. The Hall–Kier alpha value is -2.26. The van der Waals surface area contributed by atoms with Crippen LogP contribution in [0.5, 0.6) is 0 Å². The minimum absolute atomic E-state index is 0.0911. The van der Waals surface area contributed by atoms with Crippen molar-refractivity contribution in [3.8, 4) is 0 Å². The number of rotatable bonds is 12. The first-order valence-corrected chi connectivity index (χ1v) is 9.33. The molecule has 0 aliphatic rings. The van der Waals surface area contributed by atoms with Crippen molar-refractivity contribution >= 4 is 11.6 Å². The quantitative estimate of drug-likeness (QED) is 0.516. The van der Waals surface area contributed by atoms with Gasteiger partial charge in [0.25, 0.3) is 0 Å². The van der Waals surface area contributed by atoms with Crippen LogP contribution in [0.1, 0.15) is 43.7 Å². The third-order valence-corrected chi connectivity index (χ3v) is 4.48. The maximum Gasteiger partial charge on any atom is 0.133 e. The van der Waals surface area contributed by atoms with Gasteiger partial charge in [0.15, 0.2) is 0 Å². The van der Waals surface area contributed by atoms with E-state index in [1.54, 1.807) is 6.92 Å². The molecule has 1 unspecified atom stereocenters. The second-order valence-electron chi connectivity index (χ2n) is 6.74. The van der Waals surface area contributed by atoms with Crippen LogP contribution in [0.3, 0.4) is 0 Å². The summed E-state index contributed by atoms with van der Waals surface area (Å²) in [4.78, 5) is 24.1. The van der Waals surface area contributed by atoms with Gasteiger partial charge in [0.05, 0.1) is 6.61 Å². The molecule has 0 radical (unpaired) electrons.